The van der Waals surface area contributed by atoms with E-state index >= 15 is 4.39 Å². The monoisotopic (exact) mass is 640 g/mol. The highest BCUT2D eigenvalue weighted by Gasteiger charge is 2.18. The molecule has 6 rings (SSSR count). The summed E-state index contributed by atoms with van der Waals surface area (Å²) in [6.45, 7) is 6.46. The average molecular weight is 641 g/mol. The molecule has 2 aromatic carbocycles. The topological polar surface area (TPSA) is 92.6 Å². The second-order valence-electron chi connectivity index (χ2n) is 11.0. The Hall–Kier alpha value is -4.96. The Balaban J connectivity index is 1.16. The number of ether oxygens (including phenoxy) is 1. The molecule has 0 aliphatic carbocycles. The normalized spacial score (nSPS) is 14.0. The summed E-state index contributed by atoms with van der Waals surface area (Å²) in [5, 5.41) is 6.72. The molecule has 9 nitrogen and oxygen atoms in total. The number of aryl methyl sites for hydroxylation is 1. The highest BCUT2D eigenvalue weighted by atomic mass is 32.1. The van der Waals surface area contributed by atoms with Gasteiger partial charge in [-0.1, -0.05) is 11.8 Å². The minimum absolute atomic E-state index is 0.0453. The minimum atomic E-state index is -0.745. The van der Waals surface area contributed by atoms with Gasteiger partial charge in [-0.15, -0.1) is 11.3 Å². The first-order valence-corrected chi connectivity index (χ1v) is 15.5. The van der Waals surface area contributed by atoms with Gasteiger partial charge in [0.25, 0.3) is 11.5 Å². The Bertz CT molecular complexity index is 2030. The maximum Gasteiger partial charge on any atom is 0.284 e. The summed E-state index contributed by atoms with van der Waals surface area (Å²) < 4.78 is 36.3. The van der Waals surface area contributed by atoms with E-state index in [0.29, 0.717) is 29.2 Å². The van der Waals surface area contributed by atoms with Gasteiger partial charge in [-0.2, -0.15) is 9.78 Å². The zero-order valence-corrected chi connectivity index (χ0v) is 26.0. The first-order chi connectivity index (χ1) is 22.2. The van der Waals surface area contributed by atoms with Crippen LogP contribution in [-0.4, -0.2) is 70.2 Å². The van der Waals surface area contributed by atoms with Gasteiger partial charge < -0.3 is 15.0 Å². The number of hydrogen-bond donors (Lipinski definition) is 1. The standard InChI is InChI=1S/C34H30F2N6O3S/c1-22-19-27(34(44)42(39-22)25-9-6-23(35)7-10-25)33(43)38-24-8-11-30(28(36)20-24)45-31-12-13-37-29-21-26(46-32(29)31)5-3-15-41-16-4-14-40(2)17-18-41/h6-13,19-21H,4,14-18H2,1-2H3,(H,38,43). The number of amides is 1. The van der Waals surface area contributed by atoms with Crippen molar-refractivity contribution in [2.45, 2.75) is 13.3 Å². The van der Waals surface area contributed by atoms with Crippen LogP contribution in [0.1, 0.15) is 27.3 Å². The fraction of sp³-hybridized carbons (Fsp3) is 0.235. The molecule has 234 valence electrons. The van der Waals surface area contributed by atoms with E-state index in [2.05, 4.69) is 44.1 Å². The predicted octanol–water partition coefficient (Wildman–Crippen LogP) is 5.46. The maximum absolute atomic E-state index is 15.2. The van der Waals surface area contributed by atoms with E-state index in [4.69, 9.17) is 4.74 Å². The third kappa shape index (κ3) is 7.13. The number of rotatable bonds is 6. The van der Waals surface area contributed by atoms with Crippen molar-refractivity contribution in [2.75, 3.05) is 45.1 Å². The summed E-state index contributed by atoms with van der Waals surface area (Å²) in [7, 11) is 2.14. The van der Waals surface area contributed by atoms with Crippen molar-refractivity contribution in [3.8, 4) is 29.0 Å². The summed E-state index contributed by atoms with van der Waals surface area (Å²) >= 11 is 1.43. The zero-order chi connectivity index (χ0) is 32.2. The predicted molar refractivity (Wildman–Crippen MR) is 174 cm³/mol. The van der Waals surface area contributed by atoms with E-state index in [1.165, 1.54) is 53.8 Å². The molecule has 1 N–H and O–H groups in total. The number of carbonyl (C=O) groups is 1. The quantitative estimate of drug-likeness (QED) is 0.247. The van der Waals surface area contributed by atoms with Gasteiger partial charge >= 0.3 is 0 Å². The number of nitrogens with one attached hydrogen (secondary N) is 1. The molecule has 5 aromatic rings. The van der Waals surface area contributed by atoms with Crippen LogP contribution in [0.5, 0.6) is 11.5 Å². The third-order valence-electron chi connectivity index (χ3n) is 7.46. The van der Waals surface area contributed by atoms with Crippen LogP contribution in [-0.2, 0) is 0 Å². The molecule has 4 heterocycles. The lowest BCUT2D eigenvalue weighted by Gasteiger charge is -2.16. The average Bonchev–Trinajstić information content (AvgIpc) is 3.35. The molecule has 12 heteroatoms. The van der Waals surface area contributed by atoms with E-state index in [9.17, 15) is 14.0 Å². The van der Waals surface area contributed by atoms with Crippen molar-refractivity contribution >= 4 is 33.1 Å². The number of carbonyl (C=O) groups excluding carboxylic acids is 1. The Morgan fingerprint density at radius 1 is 1.02 bits per heavy atom. The molecule has 0 atom stereocenters. The molecule has 1 amide bonds. The van der Waals surface area contributed by atoms with Gasteiger partial charge in [0.1, 0.15) is 17.1 Å². The van der Waals surface area contributed by atoms with Crippen LogP contribution in [0.3, 0.4) is 0 Å². The molecule has 1 aliphatic heterocycles. The van der Waals surface area contributed by atoms with Gasteiger partial charge in [-0.05, 0) is 75.5 Å². The molecule has 46 heavy (non-hydrogen) atoms. The summed E-state index contributed by atoms with van der Waals surface area (Å²) in [6.07, 6.45) is 2.72. The molecule has 0 saturated carbocycles. The van der Waals surface area contributed by atoms with E-state index < -0.39 is 23.1 Å². The second kappa shape index (κ2) is 13.6. The third-order valence-corrected chi connectivity index (χ3v) is 8.52. The van der Waals surface area contributed by atoms with Gasteiger partial charge in [0.05, 0.1) is 33.0 Å². The second-order valence-corrected chi connectivity index (χ2v) is 12.0. The van der Waals surface area contributed by atoms with Crippen LogP contribution in [0, 0.1) is 30.4 Å². The lowest BCUT2D eigenvalue weighted by atomic mass is 10.2. The Labute approximate surface area is 268 Å². The van der Waals surface area contributed by atoms with Gasteiger partial charge in [0, 0.05) is 43.7 Å². The first kappa shape index (κ1) is 31.0. The lowest BCUT2D eigenvalue weighted by Crippen LogP contribution is -2.30. The summed E-state index contributed by atoms with van der Waals surface area (Å²) in [5.74, 6) is 4.97. The Morgan fingerprint density at radius 2 is 1.85 bits per heavy atom. The van der Waals surface area contributed by atoms with Crippen LogP contribution in [0.4, 0.5) is 14.5 Å². The minimum Gasteiger partial charge on any atom is -0.453 e. The molecule has 0 radical (unpaired) electrons. The van der Waals surface area contributed by atoms with Crippen molar-refractivity contribution < 1.29 is 18.3 Å². The highest BCUT2D eigenvalue weighted by Crippen LogP contribution is 2.36. The number of anilines is 1. The van der Waals surface area contributed by atoms with Crippen LogP contribution in [0.15, 0.2) is 71.7 Å². The molecule has 1 aliphatic rings. The molecule has 3 aromatic heterocycles. The lowest BCUT2D eigenvalue weighted by molar-refractivity contribution is 0.102. The Morgan fingerprint density at radius 3 is 2.65 bits per heavy atom. The summed E-state index contributed by atoms with van der Waals surface area (Å²) in [4.78, 5) is 36.1. The Kier molecular flexibility index (Phi) is 9.16. The largest absolute Gasteiger partial charge is 0.453 e. The van der Waals surface area contributed by atoms with Crippen LogP contribution < -0.4 is 15.6 Å². The summed E-state index contributed by atoms with van der Waals surface area (Å²) in [6, 6.07) is 14.1. The van der Waals surface area contributed by atoms with Crippen molar-refractivity contribution in [1.82, 2.24) is 24.6 Å². The SMILES string of the molecule is Cc1cc(C(=O)Nc2ccc(Oc3ccnc4cc(C#CCN5CCCN(C)CC5)sc34)c(F)c2)c(=O)n(-c2ccc(F)cc2)n1. The van der Waals surface area contributed by atoms with E-state index in [0.717, 1.165) is 52.9 Å². The van der Waals surface area contributed by atoms with Crippen LogP contribution >= 0.6 is 11.3 Å². The fourth-order valence-corrected chi connectivity index (χ4v) is 6.01. The molecular weight excluding hydrogens is 610 g/mol. The molecule has 0 spiro atoms. The first-order valence-electron chi connectivity index (χ1n) is 14.7. The smallest absolute Gasteiger partial charge is 0.284 e. The molecular formula is C34H30F2N6O3S. The van der Waals surface area contributed by atoms with Crippen molar-refractivity contribution in [1.29, 1.82) is 0 Å². The number of pyridine rings is 1. The number of likely N-dealkylation sites (N-methyl/N-ethyl adjacent to an activating group) is 1. The molecule has 0 bridgehead atoms. The number of aromatic nitrogens is 3. The molecule has 0 unspecified atom stereocenters. The highest BCUT2D eigenvalue weighted by molar-refractivity contribution is 7.19. The van der Waals surface area contributed by atoms with E-state index in [-0.39, 0.29) is 17.0 Å². The van der Waals surface area contributed by atoms with Crippen molar-refractivity contribution in [3.05, 3.63) is 105 Å². The van der Waals surface area contributed by atoms with Crippen LogP contribution in [0.2, 0.25) is 0 Å². The van der Waals surface area contributed by atoms with Crippen molar-refractivity contribution in [3.63, 3.8) is 0 Å². The number of thiophene rings is 1. The van der Waals surface area contributed by atoms with E-state index in [1.54, 1.807) is 19.2 Å². The zero-order valence-electron chi connectivity index (χ0n) is 25.2. The fourth-order valence-electron chi connectivity index (χ4n) is 5.07. The van der Waals surface area contributed by atoms with Crippen molar-refractivity contribution in [2.24, 2.45) is 0 Å². The van der Waals surface area contributed by atoms with Gasteiger partial charge in [0.2, 0.25) is 0 Å². The molecule has 1 saturated heterocycles. The number of benzene rings is 2. The maximum atomic E-state index is 15.2. The summed E-state index contributed by atoms with van der Waals surface area (Å²) in [5.41, 5.74) is 0.612. The number of halogens is 2. The van der Waals surface area contributed by atoms with Gasteiger partial charge in [0.15, 0.2) is 11.6 Å². The van der Waals surface area contributed by atoms with Gasteiger partial charge in [-0.25, -0.2) is 8.78 Å². The number of fused-ring (bicyclic) bond motifs is 1. The molecule has 1 fully saturated rings. The van der Waals surface area contributed by atoms with Gasteiger partial charge in [-0.3, -0.25) is 19.5 Å². The number of nitrogens with zero attached hydrogens (tertiary/aromatic N) is 5. The van der Waals surface area contributed by atoms with E-state index in [1.807, 2.05) is 6.07 Å². The number of hydrogen-bond acceptors (Lipinski definition) is 8. The van der Waals surface area contributed by atoms with Crippen LogP contribution in [0.25, 0.3) is 15.9 Å².